The van der Waals surface area contributed by atoms with Crippen LogP contribution < -0.4 is 10.5 Å². The van der Waals surface area contributed by atoms with Crippen LogP contribution in [0.2, 0.25) is 0 Å². The number of aromatic nitrogens is 2. The summed E-state index contributed by atoms with van der Waals surface area (Å²) in [6.45, 7) is 7.40. The molecule has 0 radical (unpaired) electrons. The standard InChI is InChI=1S/C12H21N3O2S/c1-3-14(4-2)11-9-12(16)15(13-10-11)5-6-17-7-8-18/h9-10,18H,3-8H2,1-2H3. The lowest BCUT2D eigenvalue weighted by Crippen LogP contribution is -2.28. The second kappa shape index (κ2) is 8.16. The van der Waals surface area contributed by atoms with Gasteiger partial charge in [0.25, 0.3) is 5.56 Å². The molecule has 0 bridgehead atoms. The summed E-state index contributed by atoms with van der Waals surface area (Å²) < 4.78 is 6.70. The van der Waals surface area contributed by atoms with Gasteiger partial charge < -0.3 is 9.64 Å². The van der Waals surface area contributed by atoms with E-state index >= 15 is 0 Å². The highest BCUT2D eigenvalue weighted by Crippen LogP contribution is 2.07. The van der Waals surface area contributed by atoms with E-state index in [1.165, 1.54) is 4.68 Å². The number of ether oxygens (including phenoxy) is 1. The minimum absolute atomic E-state index is 0.0890. The van der Waals surface area contributed by atoms with Crippen molar-refractivity contribution in [2.75, 3.05) is 37.0 Å². The number of thiol groups is 1. The van der Waals surface area contributed by atoms with Crippen molar-refractivity contribution in [1.29, 1.82) is 0 Å². The average molecular weight is 271 g/mol. The Morgan fingerprint density at radius 1 is 1.39 bits per heavy atom. The van der Waals surface area contributed by atoms with E-state index in [1.807, 2.05) is 0 Å². The summed E-state index contributed by atoms with van der Waals surface area (Å²) in [6.07, 6.45) is 1.73. The third kappa shape index (κ3) is 4.34. The zero-order valence-corrected chi connectivity index (χ0v) is 11.9. The van der Waals surface area contributed by atoms with Gasteiger partial charge in [-0.1, -0.05) is 0 Å². The molecule has 0 spiro atoms. The van der Waals surface area contributed by atoms with Crippen LogP contribution in [-0.2, 0) is 11.3 Å². The quantitative estimate of drug-likeness (QED) is 0.567. The highest BCUT2D eigenvalue weighted by atomic mass is 32.1. The Morgan fingerprint density at radius 3 is 2.67 bits per heavy atom. The highest BCUT2D eigenvalue weighted by molar-refractivity contribution is 7.80. The smallest absolute Gasteiger partial charge is 0.268 e. The maximum absolute atomic E-state index is 11.8. The Labute approximate surface area is 113 Å². The molecule has 1 aromatic rings. The second-order valence-electron chi connectivity index (χ2n) is 3.78. The molecule has 0 unspecified atom stereocenters. The van der Waals surface area contributed by atoms with Crippen molar-refractivity contribution in [2.24, 2.45) is 0 Å². The van der Waals surface area contributed by atoms with Gasteiger partial charge in [-0.15, -0.1) is 0 Å². The van der Waals surface area contributed by atoms with Crippen LogP contribution in [0, 0.1) is 0 Å². The molecular formula is C12H21N3O2S. The van der Waals surface area contributed by atoms with E-state index in [0.717, 1.165) is 18.8 Å². The van der Waals surface area contributed by atoms with E-state index in [2.05, 4.69) is 36.5 Å². The summed E-state index contributed by atoms with van der Waals surface area (Å²) in [6, 6.07) is 1.62. The van der Waals surface area contributed by atoms with Crippen molar-refractivity contribution in [2.45, 2.75) is 20.4 Å². The number of hydrogen-bond donors (Lipinski definition) is 1. The molecule has 0 atom stereocenters. The van der Waals surface area contributed by atoms with E-state index in [-0.39, 0.29) is 5.56 Å². The zero-order valence-electron chi connectivity index (χ0n) is 11.0. The van der Waals surface area contributed by atoms with Crippen molar-refractivity contribution in [3.05, 3.63) is 22.6 Å². The molecular weight excluding hydrogens is 250 g/mol. The largest absolute Gasteiger partial charge is 0.379 e. The molecule has 0 N–H and O–H groups in total. The van der Waals surface area contributed by atoms with E-state index < -0.39 is 0 Å². The Bertz CT molecular complexity index is 405. The molecule has 0 aliphatic carbocycles. The van der Waals surface area contributed by atoms with Crippen LogP contribution in [0.1, 0.15) is 13.8 Å². The van der Waals surface area contributed by atoms with Crippen molar-refractivity contribution >= 4 is 18.3 Å². The number of nitrogens with zero attached hydrogens (tertiary/aromatic N) is 3. The molecule has 1 aromatic heterocycles. The summed E-state index contributed by atoms with van der Waals surface area (Å²) in [5.41, 5.74) is 0.784. The number of anilines is 1. The molecule has 1 rings (SSSR count). The van der Waals surface area contributed by atoms with Gasteiger partial charge in [-0.05, 0) is 13.8 Å². The number of rotatable bonds is 8. The van der Waals surface area contributed by atoms with Crippen LogP contribution in [0.25, 0.3) is 0 Å². The van der Waals surface area contributed by atoms with Gasteiger partial charge in [-0.2, -0.15) is 17.7 Å². The van der Waals surface area contributed by atoms with E-state index in [1.54, 1.807) is 12.3 Å². The molecule has 5 nitrogen and oxygen atoms in total. The van der Waals surface area contributed by atoms with Crippen LogP contribution in [0.4, 0.5) is 5.69 Å². The van der Waals surface area contributed by atoms with Crippen molar-refractivity contribution in [3.63, 3.8) is 0 Å². The maximum Gasteiger partial charge on any atom is 0.268 e. The molecule has 102 valence electrons. The van der Waals surface area contributed by atoms with Crippen LogP contribution in [0.5, 0.6) is 0 Å². The average Bonchev–Trinajstić information content (AvgIpc) is 2.38. The first-order chi connectivity index (χ1) is 8.72. The lowest BCUT2D eigenvalue weighted by molar-refractivity contribution is 0.137. The lowest BCUT2D eigenvalue weighted by atomic mass is 10.4. The molecule has 0 fully saturated rings. The van der Waals surface area contributed by atoms with Crippen LogP contribution in [-0.4, -0.2) is 41.8 Å². The van der Waals surface area contributed by atoms with Gasteiger partial charge in [-0.25, -0.2) is 4.68 Å². The van der Waals surface area contributed by atoms with Crippen molar-refractivity contribution in [3.8, 4) is 0 Å². The van der Waals surface area contributed by atoms with Gasteiger partial charge in [0.05, 0.1) is 31.6 Å². The summed E-state index contributed by atoms with van der Waals surface area (Å²) in [5, 5.41) is 4.16. The molecule has 6 heteroatoms. The molecule has 1 heterocycles. The molecule has 18 heavy (non-hydrogen) atoms. The van der Waals surface area contributed by atoms with Crippen LogP contribution >= 0.6 is 12.6 Å². The first kappa shape index (κ1) is 15.0. The second-order valence-corrected chi connectivity index (χ2v) is 4.23. The summed E-state index contributed by atoms with van der Waals surface area (Å²) >= 11 is 4.04. The van der Waals surface area contributed by atoms with Gasteiger partial charge in [0.2, 0.25) is 0 Å². The Balaban J connectivity index is 2.65. The molecule has 0 aliphatic rings. The minimum Gasteiger partial charge on any atom is -0.379 e. The fourth-order valence-electron chi connectivity index (χ4n) is 1.67. The molecule has 0 saturated heterocycles. The third-order valence-corrected chi connectivity index (χ3v) is 2.85. The highest BCUT2D eigenvalue weighted by Gasteiger charge is 2.05. The van der Waals surface area contributed by atoms with Crippen LogP contribution in [0.15, 0.2) is 17.1 Å². The normalized spacial score (nSPS) is 10.6. The fraction of sp³-hybridized carbons (Fsp3) is 0.667. The van der Waals surface area contributed by atoms with Gasteiger partial charge in [0, 0.05) is 24.9 Å². The third-order valence-electron chi connectivity index (χ3n) is 2.67. The Hall–Kier alpha value is -1.01. The van der Waals surface area contributed by atoms with E-state index in [4.69, 9.17) is 4.74 Å². The summed E-state index contributed by atoms with van der Waals surface area (Å²) in [7, 11) is 0. The van der Waals surface area contributed by atoms with Gasteiger partial charge in [-0.3, -0.25) is 4.79 Å². The molecule has 0 aromatic carbocycles. The summed E-state index contributed by atoms with van der Waals surface area (Å²) in [4.78, 5) is 13.9. The summed E-state index contributed by atoms with van der Waals surface area (Å²) in [5.74, 6) is 0.684. The topological polar surface area (TPSA) is 47.4 Å². The SMILES string of the molecule is CCN(CC)c1cnn(CCOCCS)c(=O)c1. The van der Waals surface area contributed by atoms with Gasteiger partial charge in [0.1, 0.15) is 0 Å². The Morgan fingerprint density at radius 2 is 2.11 bits per heavy atom. The minimum atomic E-state index is -0.0890. The van der Waals surface area contributed by atoms with Crippen molar-refractivity contribution in [1.82, 2.24) is 9.78 Å². The fourth-order valence-corrected chi connectivity index (χ4v) is 1.80. The molecule has 0 saturated carbocycles. The molecule has 0 aliphatic heterocycles. The van der Waals surface area contributed by atoms with Gasteiger partial charge in [0.15, 0.2) is 0 Å². The lowest BCUT2D eigenvalue weighted by Gasteiger charge is -2.20. The molecule has 0 amide bonds. The first-order valence-electron chi connectivity index (χ1n) is 6.23. The Kier molecular flexibility index (Phi) is 6.82. The predicted molar refractivity (Wildman–Crippen MR) is 76.7 cm³/mol. The first-order valence-corrected chi connectivity index (χ1v) is 6.86. The zero-order chi connectivity index (χ0) is 13.4. The van der Waals surface area contributed by atoms with Crippen LogP contribution in [0.3, 0.4) is 0 Å². The van der Waals surface area contributed by atoms with Gasteiger partial charge >= 0.3 is 0 Å². The van der Waals surface area contributed by atoms with Crippen molar-refractivity contribution < 1.29 is 4.74 Å². The predicted octanol–water partition coefficient (Wildman–Crippen LogP) is 1.04. The number of hydrogen-bond acceptors (Lipinski definition) is 5. The monoisotopic (exact) mass is 271 g/mol. The maximum atomic E-state index is 11.8. The van der Waals surface area contributed by atoms with E-state index in [0.29, 0.717) is 25.5 Å². The van der Waals surface area contributed by atoms with E-state index in [9.17, 15) is 4.79 Å².